The average molecular weight is 529 g/mol. The summed E-state index contributed by atoms with van der Waals surface area (Å²) < 4.78 is 5.59. The lowest BCUT2D eigenvalue weighted by Crippen LogP contribution is -2.52. The van der Waals surface area contributed by atoms with E-state index in [0.717, 1.165) is 49.3 Å². The summed E-state index contributed by atoms with van der Waals surface area (Å²) in [6.07, 6.45) is 1.71. The van der Waals surface area contributed by atoms with E-state index in [0.29, 0.717) is 12.4 Å². The third-order valence-electron chi connectivity index (χ3n) is 4.41. The van der Waals surface area contributed by atoms with Crippen molar-refractivity contribution >= 4 is 57.6 Å². The van der Waals surface area contributed by atoms with Gasteiger partial charge < -0.3 is 19.5 Å². The predicted octanol–water partition coefficient (Wildman–Crippen LogP) is 4.37. The average Bonchev–Trinajstić information content (AvgIpc) is 3.47. The molecule has 0 amide bonds. The van der Waals surface area contributed by atoms with E-state index in [9.17, 15) is 0 Å². The number of oxazole rings is 1. The summed E-state index contributed by atoms with van der Waals surface area (Å²) in [5, 5.41) is 8.92. The molecule has 9 heteroatoms. The van der Waals surface area contributed by atoms with Crippen LogP contribution in [-0.2, 0) is 6.54 Å². The van der Waals surface area contributed by atoms with Crippen molar-refractivity contribution in [3.8, 4) is 10.8 Å². The van der Waals surface area contributed by atoms with Gasteiger partial charge in [0.1, 0.15) is 12.0 Å². The Morgan fingerprint density at radius 1 is 1.18 bits per heavy atom. The first-order valence-electron chi connectivity index (χ1n) is 9.13. The van der Waals surface area contributed by atoms with Gasteiger partial charge in [-0.25, -0.2) is 9.98 Å². The lowest BCUT2D eigenvalue weighted by Gasteiger charge is -2.37. The minimum atomic E-state index is 0. The summed E-state index contributed by atoms with van der Waals surface area (Å²) in [6, 6.07) is 8.32. The van der Waals surface area contributed by atoms with E-state index >= 15 is 0 Å². The van der Waals surface area contributed by atoms with Gasteiger partial charge in [-0.05, 0) is 35.9 Å². The number of rotatable bonds is 5. The lowest BCUT2D eigenvalue weighted by molar-refractivity contribution is 0.373. The van der Waals surface area contributed by atoms with Crippen LogP contribution in [0.25, 0.3) is 10.8 Å². The van der Waals surface area contributed by atoms with Crippen LogP contribution >= 0.6 is 46.7 Å². The van der Waals surface area contributed by atoms with Gasteiger partial charge in [-0.1, -0.05) is 6.07 Å². The van der Waals surface area contributed by atoms with Crippen molar-refractivity contribution in [3.05, 3.63) is 47.0 Å². The van der Waals surface area contributed by atoms with Gasteiger partial charge in [-0.2, -0.15) is 0 Å². The highest BCUT2D eigenvalue weighted by molar-refractivity contribution is 14.0. The number of guanidine groups is 1. The quantitative estimate of drug-likeness (QED) is 0.302. The highest BCUT2D eigenvalue weighted by Gasteiger charge is 2.20. The number of nitrogens with zero attached hydrogens (tertiary/aromatic N) is 4. The van der Waals surface area contributed by atoms with Crippen molar-refractivity contribution in [1.82, 2.24) is 15.2 Å². The number of halogens is 1. The summed E-state index contributed by atoms with van der Waals surface area (Å²) in [4.78, 5) is 15.2. The van der Waals surface area contributed by atoms with Crippen LogP contribution in [0.15, 0.2) is 50.7 Å². The van der Waals surface area contributed by atoms with Gasteiger partial charge in [-0.3, -0.25) is 0 Å². The maximum atomic E-state index is 5.59. The van der Waals surface area contributed by atoms with Crippen LogP contribution in [0.5, 0.6) is 0 Å². The molecule has 150 valence electrons. The topological polar surface area (TPSA) is 56.9 Å². The van der Waals surface area contributed by atoms with Gasteiger partial charge in [-0.15, -0.1) is 46.7 Å². The smallest absolute Gasteiger partial charge is 0.236 e. The number of aromatic nitrogens is 1. The van der Waals surface area contributed by atoms with E-state index in [1.165, 1.54) is 5.00 Å². The SMILES string of the molecule is CCNC(=NCc1coc(-c2cccs2)n1)N1CCN(c2cccs2)CC1.I. The van der Waals surface area contributed by atoms with Crippen LogP contribution in [0, 0.1) is 0 Å². The molecule has 1 N–H and O–H groups in total. The molecule has 4 rings (SSSR count). The molecule has 3 aromatic heterocycles. The molecular weight excluding hydrogens is 505 g/mol. The molecule has 1 aliphatic heterocycles. The van der Waals surface area contributed by atoms with Crippen molar-refractivity contribution in [3.63, 3.8) is 0 Å². The molecule has 6 nitrogen and oxygen atoms in total. The number of hydrogen-bond acceptors (Lipinski definition) is 6. The van der Waals surface area contributed by atoms with E-state index in [1.54, 1.807) is 28.9 Å². The number of thiophene rings is 2. The van der Waals surface area contributed by atoms with Crippen molar-refractivity contribution in [2.24, 2.45) is 4.99 Å². The third-order valence-corrected chi connectivity index (χ3v) is 6.19. The van der Waals surface area contributed by atoms with Crippen LogP contribution in [0.3, 0.4) is 0 Å². The molecule has 0 bridgehead atoms. The number of piperazine rings is 1. The Hall–Kier alpha value is -1.59. The molecular formula is C19H24IN5OS2. The normalized spacial score (nSPS) is 14.8. The second-order valence-corrected chi connectivity index (χ2v) is 8.09. The maximum Gasteiger partial charge on any atom is 0.236 e. The fourth-order valence-corrected chi connectivity index (χ4v) is 4.50. The van der Waals surface area contributed by atoms with E-state index in [2.05, 4.69) is 44.5 Å². The van der Waals surface area contributed by atoms with E-state index in [4.69, 9.17) is 9.41 Å². The van der Waals surface area contributed by atoms with Crippen LogP contribution in [0.2, 0.25) is 0 Å². The predicted molar refractivity (Wildman–Crippen MR) is 128 cm³/mol. The summed E-state index contributed by atoms with van der Waals surface area (Å²) in [5.74, 6) is 1.62. The molecule has 0 atom stereocenters. The minimum Gasteiger partial charge on any atom is -0.443 e. The Morgan fingerprint density at radius 3 is 2.64 bits per heavy atom. The zero-order valence-electron chi connectivity index (χ0n) is 15.7. The molecule has 0 aliphatic carbocycles. The fraction of sp³-hybridized carbons (Fsp3) is 0.368. The Bertz CT molecular complexity index is 855. The Morgan fingerprint density at radius 2 is 1.96 bits per heavy atom. The minimum absolute atomic E-state index is 0. The van der Waals surface area contributed by atoms with Crippen LogP contribution in [0.4, 0.5) is 5.00 Å². The van der Waals surface area contributed by atoms with Crippen molar-refractivity contribution in [2.75, 3.05) is 37.6 Å². The monoisotopic (exact) mass is 529 g/mol. The summed E-state index contributed by atoms with van der Waals surface area (Å²) in [6.45, 7) is 7.41. The number of hydrogen-bond donors (Lipinski definition) is 1. The van der Waals surface area contributed by atoms with Crippen molar-refractivity contribution < 1.29 is 4.42 Å². The van der Waals surface area contributed by atoms with E-state index in [1.807, 2.05) is 17.5 Å². The maximum absolute atomic E-state index is 5.59. The Kier molecular flexibility index (Phi) is 7.74. The van der Waals surface area contributed by atoms with Gasteiger partial charge in [0, 0.05) is 32.7 Å². The second kappa shape index (κ2) is 10.3. The molecule has 0 unspecified atom stereocenters. The van der Waals surface area contributed by atoms with Gasteiger partial charge in [0.15, 0.2) is 5.96 Å². The Labute approximate surface area is 190 Å². The van der Waals surface area contributed by atoms with Gasteiger partial charge in [0.25, 0.3) is 0 Å². The molecule has 1 fully saturated rings. The van der Waals surface area contributed by atoms with E-state index < -0.39 is 0 Å². The summed E-state index contributed by atoms with van der Waals surface area (Å²) in [5.41, 5.74) is 0.853. The number of anilines is 1. The molecule has 0 aromatic carbocycles. The van der Waals surface area contributed by atoms with Crippen molar-refractivity contribution in [2.45, 2.75) is 13.5 Å². The molecule has 0 spiro atoms. The van der Waals surface area contributed by atoms with Crippen LogP contribution < -0.4 is 10.2 Å². The molecule has 4 heterocycles. The molecule has 3 aromatic rings. The standard InChI is InChI=1S/C19H23N5OS2.HI/c1-2-20-19(24-9-7-23(8-10-24)17-6-4-12-27-17)21-13-15-14-25-18(22-15)16-5-3-11-26-16;/h3-6,11-12,14H,2,7-10,13H2,1H3,(H,20,21);1H. The van der Waals surface area contributed by atoms with Gasteiger partial charge in [0.05, 0.1) is 16.4 Å². The van der Waals surface area contributed by atoms with Crippen LogP contribution in [0.1, 0.15) is 12.6 Å². The number of nitrogens with one attached hydrogen (secondary N) is 1. The molecule has 0 saturated carbocycles. The largest absolute Gasteiger partial charge is 0.443 e. The molecule has 0 radical (unpaired) electrons. The van der Waals surface area contributed by atoms with Crippen molar-refractivity contribution in [1.29, 1.82) is 0 Å². The fourth-order valence-electron chi connectivity index (χ4n) is 3.06. The lowest BCUT2D eigenvalue weighted by atomic mass is 10.3. The highest BCUT2D eigenvalue weighted by Crippen LogP contribution is 2.24. The highest BCUT2D eigenvalue weighted by atomic mass is 127. The summed E-state index contributed by atoms with van der Waals surface area (Å²) >= 11 is 3.43. The van der Waals surface area contributed by atoms with Gasteiger partial charge >= 0.3 is 0 Å². The van der Waals surface area contributed by atoms with Crippen LogP contribution in [-0.4, -0.2) is 48.6 Å². The zero-order chi connectivity index (χ0) is 18.5. The first-order valence-corrected chi connectivity index (χ1v) is 10.9. The molecule has 28 heavy (non-hydrogen) atoms. The Balaban J connectivity index is 0.00000225. The third kappa shape index (κ3) is 5.06. The van der Waals surface area contributed by atoms with E-state index in [-0.39, 0.29) is 24.0 Å². The second-order valence-electron chi connectivity index (χ2n) is 6.22. The molecule has 1 saturated heterocycles. The van der Waals surface area contributed by atoms with Gasteiger partial charge in [0.2, 0.25) is 5.89 Å². The first-order chi connectivity index (χ1) is 13.3. The zero-order valence-corrected chi connectivity index (χ0v) is 19.7. The first kappa shape index (κ1) is 21.1. The molecule has 1 aliphatic rings. The summed E-state index contributed by atoms with van der Waals surface area (Å²) in [7, 11) is 0. The number of aliphatic imine (C=N–C) groups is 1.